The minimum atomic E-state index is -0.104. The molecule has 0 aromatic carbocycles. The van der Waals surface area contributed by atoms with Crippen LogP contribution in [0.15, 0.2) is 12.3 Å². The average molecular weight is 183 g/mol. The third-order valence-corrected chi connectivity index (χ3v) is 2.13. The summed E-state index contributed by atoms with van der Waals surface area (Å²) in [4.78, 5) is 13.1. The fraction of sp³-hybridized carbons (Fsp3) is 0.700. The molecular formula is C10H17NO2. The highest BCUT2D eigenvalue weighted by atomic mass is 16.5. The van der Waals surface area contributed by atoms with Crippen molar-refractivity contribution < 1.29 is 9.53 Å². The van der Waals surface area contributed by atoms with Crippen LogP contribution in [0.1, 0.15) is 27.2 Å². The molecule has 1 heterocycles. The number of hydrogen-bond acceptors (Lipinski definition) is 2. The van der Waals surface area contributed by atoms with Crippen LogP contribution in [-0.4, -0.2) is 29.6 Å². The second-order valence-corrected chi connectivity index (χ2v) is 3.51. The summed E-state index contributed by atoms with van der Waals surface area (Å²) in [5, 5.41) is 0. The Balaban J connectivity index is 2.62. The molecule has 0 aromatic heterocycles. The molecule has 13 heavy (non-hydrogen) atoms. The second kappa shape index (κ2) is 3.92. The number of carbonyl (C=O) groups is 1. The Hall–Kier alpha value is -0.830. The lowest BCUT2D eigenvalue weighted by atomic mass is 10.2. The number of rotatable bonds is 3. The zero-order valence-corrected chi connectivity index (χ0v) is 8.54. The van der Waals surface area contributed by atoms with E-state index in [0.717, 1.165) is 5.70 Å². The topological polar surface area (TPSA) is 29.5 Å². The van der Waals surface area contributed by atoms with Crippen molar-refractivity contribution in [2.75, 3.05) is 6.54 Å². The first kappa shape index (κ1) is 10.3. The van der Waals surface area contributed by atoms with Gasteiger partial charge in [0.25, 0.3) is 0 Å². The standard InChI is InChI=1S/C10H17NO2/c1-5-11-8(4)9(6-10(11)12)13-7(2)3/h7,9H,4-6H2,1-3H3. The van der Waals surface area contributed by atoms with Crippen molar-refractivity contribution in [1.29, 1.82) is 0 Å². The summed E-state index contributed by atoms with van der Waals surface area (Å²) in [5.41, 5.74) is 0.807. The summed E-state index contributed by atoms with van der Waals surface area (Å²) in [5.74, 6) is 0.123. The summed E-state index contributed by atoms with van der Waals surface area (Å²) in [7, 11) is 0. The Morgan fingerprint density at radius 3 is 2.69 bits per heavy atom. The molecule has 1 unspecified atom stereocenters. The van der Waals surface area contributed by atoms with Crippen LogP contribution >= 0.6 is 0 Å². The Bertz CT molecular complexity index is 223. The van der Waals surface area contributed by atoms with E-state index < -0.39 is 0 Å². The summed E-state index contributed by atoms with van der Waals surface area (Å²) < 4.78 is 5.56. The Kier molecular flexibility index (Phi) is 3.09. The molecule has 1 amide bonds. The molecule has 0 aromatic rings. The first-order valence-corrected chi connectivity index (χ1v) is 4.70. The van der Waals surface area contributed by atoms with E-state index in [4.69, 9.17) is 4.74 Å². The minimum absolute atomic E-state index is 0.104. The minimum Gasteiger partial charge on any atom is -0.369 e. The van der Waals surface area contributed by atoms with Gasteiger partial charge in [-0.15, -0.1) is 0 Å². The maximum Gasteiger partial charge on any atom is 0.229 e. The van der Waals surface area contributed by atoms with Crippen molar-refractivity contribution in [3.05, 3.63) is 12.3 Å². The van der Waals surface area contributed by atoms with E-state index in [9.17, 15) is 4.79 Å². The van der Waals surface area contributed by atoms with E-state index in [1.54, 1.807) is 4.90 Å². The van der Waals surface area contributed by atoms with Crippen molar-refractivity contribution in [3.63, 3.8) is 0 Å². The molecular weight excluding hydrogens is 166 g/mol. The maximum absolute atomic E-state index is 11.4. The highest BCUT2D eigenvalue weighted by Gasteiger charge is 2.33. The van der Waals surface area contributed by atoms with Gasteiger partial charge in [-0.3, -0.25) is 4.79 Å². The molecule has 0 radical (unpaired) electrons. The molecule has 0 bridgehead atoms. The number of likely N-dealkylation sites (tertiary alicyclic amines) is 1. The van der Waals surface area contributed by atoms with Gasteiger partial charge in [0.1, 0.15) is 6.10 Å². The maximum atomic E-state index is 11.4. The smallest absolute Gasteiger partial charge is 0.229 e. The van der Waals surface area contributed by atoms with Crippen LogP contribution in [-0.2, 0) is 9.53 Å². The number of likely N-dealkylation sites (N-methyl/N-ethyl adjacent to an activating group) is 1. The molecule has 0 spiro atoms. The van der Waals surface area contributed by atoms with Crippen LogP contribution in [0, 0.1) is 0 Å². The Morgan fingerprint density at radius 1 is 1.69 bits per heavy atom. The van der Waals surface area contributed by atoms with Gasteiger partial charge in [0, 0.05) is 12.2 Å². The molecule has 1 saturated heterocycles. The highest BCUT2D eigenvalue weighted by molar-refractivity contribution is 5.82. The van der Waals surface area contributed by atoms with Gasteiger partial charge in [-0.05, 0) is 20.8 Å². The van der Waals surface area contributed by atoms with Crippen molar-refractivity contribution in [1.82, 2.24) is 4.90 Å². The van der Waals surface area contributed by atoms with E-state index in [1.165, 1.54) is 0 Å². The normalized spacial score (nSPS) is 23.4. The van der Waals surface area contributed by atoms with E-state index in [2.05, 4.69) is 6.58 Å². The fourth-order valence-electron chi connectivity index (χ4n) is 1.56. The van der Waals surface area contributed by atoms with E-state index in [1.807, 2.05) is 20.8 Å². The fourth-order valence-corrected chi connectivity index (χ4v) is 1.56. The van der Waals surface area contributed by atoms with E-state index in [0.29, 0.717) is 13.0 Å². The lowest BCUT2D eigenvalue weighted by Crippen LogP contribution is -2.24. The zero-order chi connectivity index (χ0) is 10.0. The van der Waals surface area contributed by atoms with Crippen molar-refractivity contribution in [2.45, 2.75) is 39.4 Å². The molecule has 3 heteroatoms. The van der Waals surface area contributed by atoms with Crippen LogP contribution < -0.4 is 0 Å². The van der Waals surface area contributed by atoms with Gasteiger partial charge in [0.2, 0.25) is 5.91 Å². The van der Waals surface area contributed by atoms with Gasteiger partial charge in [0.15, 0.2) is 0 Å². The van der Waals surface area contributed by atoms with E-state index in [-0.39, 0.29) is 18.1 Å². The predicted octanol–water partition coefficient (Wildman–Crippen LogP) is 1.55. The van der Waals surface area contributed by atoms with Crippen LogP contribution in [0.3, 0.4) is 0 Å². The molecule has 0 saturated carbocycles. The molecule has 1 aliphatic rings. The van der Waals surface area contributed by atoms with Crippen LogP contribution in [0.25, 0.3) is 0 Å². The van der Waals surface area contributed by atoms with Crippen molar-refractivity contribution in [3.8, 4) is 0 Å². The average Bonchev–Trinajstić information content (AvgIpc) is 2.26. The third-order valence-electron chi connectivity index (χ3n) is 2.13. The third kappa shape index (κ3) is 2.10. The first-order chi connectivity index (χ1) is 6.06. The number of amides is 1. The summed E-state index contributed by atoms with van der Waals surface area (Å²) in [6.07, 6.45) is 0.490. The predicted molar refractivity (Wildman–Crippen MR) is 51.2 cm³/mol. The molecule has 0 aliphatic carbocycles. The number of hydrogen-bond donors (Lipinski definition) is 0. The number of ether oxygens (including phenoxy) is 1. The monoisotopic (exact) mass is 183 g/mol. The molecule has 0 N–H and O–H groups in total. The molecule has 1 rings (SSSR count). The molecule has 74 valence electrons. The highest BCUT2D eigenvalue weighted by Crippen LogP contribution is 2.24. The number of nitrogens with zero attached hydrogens (tertiary/aromatic N) is 1. The van der Waals surface area contributed by atoms with Gasteiger partial charge in [0.05, 0.1) is 12.5 Å². The van der Waals surface area contributed by atoms with Crippen molar-refractivity contribution in [2.24, 2.45) is 0 Å². The Labute approximate surface area is 79.4 Å². The lowest BCUT2D eigenvalue weighted by Gasteiger charge is -2.18. The van der Waals surface area contributed by atoms with Crippen molar-refractivity contribution >= 4 is 5.91 Å². The molecule has 3 nitrogen and oxygen atoms in total. The molecule has 1 aliphatic heterocycles. The van der Waals surface area contributed by atoms with E-state index >= 15 is 0 Å². The van der Waals surface area contributed by atoms with Gasteiger partial charge in [-0.2, -0.15) is 0 Å². The van der Waals surface area contributed by atoms with Gasteiger partial charge < -0.3 is 9.64 Å². The van der Waals surface area contributed by atoms with Crippen LogP contribution in [0.2, 0.25) is 0 Å². The molecule has 1 atom stereocenters. The van der Waals surface area contributed by atoms with Gasteiger partial charge >= 0.3 is 0 Å². The SMILES string of the molecule is C=C1C(OC(C)C)CC(=O)N1CC. The van der Waals surface area contributed by atoms with Crippen LogP contribution in [0.5, 0.6) is 0 Å². The van der Waals surface area contributed by atoms with Gasteiger partial charge in [-0.25, -0.2) is 0 Å². The number of carbonyl (C=O) groups excluding carboxylic acids is 1. The largest absolute Gasteiger partial charge is 0.369 e. The summed E-state index contributed by atoms with van der Waals surface area (Å²) in [6.45, 7) is 10.4. The first-order valence-electron chi connectivity index (χ1n) is 4.70. The summed E-state index contributed by atoms with van der Waals surface area (Å²) in [6, 6.07) is 0. The molecule has 1 fully saturated rings. The second-order valence-electron chi connectivity index (χ2n) is 3.51. The quantitative estimate of drug-likeness (QED) is 0.664. The lowest BCUT2D eigenvalue weighted by molar-refractivity contribution is -0.127. The summed E-state index contributed by atoms with van der Waals surface area (Å²) >= 11 is 0. The van der Waals surface area contributed by atoms with Crippen LogP contribution in [0.4, 0.5) is 0 Å². The van der Waals surface area contributed by atoms with Gasteiger partial charge in [-0.1, -0.05) is 6.58 Å². The zero-order valence-electron chi connectivity index (χ0n) is 8.54. The Morgan fingerprint density at radius 2 is 2.31 bits per heavy atom.